The maximum absolute atomic E-state index is 13.7. The van der Waals surface area contributed by atoms with E-state index >= 15 is 0 Å². The van der Waals surface area contributed by atoms with Crippen molar-refractivity contribution in [2.24, 2.45) is 0 Å². The number of benzene rings is 1. The Labute approximate surface area is 135 Å². The number of carbonyl (C=O) groups is 1. The van der Waals surface area contributed by atoms with Gasteiger partial charge in [0.2, 0.25) is 0 Å². The van der Waals surface area contributed by atoms with Crippen LogP contribution in [0.15, 0.2) is 18.2 Å². The molecule has 1 aromatic carbocycles. The van der Waals surface area contributed by atoms with Crippen LogP contribution >= 0.6 is 11.3 Å². The molecule has 118 valence electrons. The summed E-state index contributed by atoms with van der Waals surface area (Å²) in [5.74, 6) is -0.444. The summed E-state index contributed by atoms with van der Waals surface area (Å²) in [5, 5.41) is 3.34. The Morgan fingerprint density at radius 1 is 1.39 bits per heavy atom. The van der Waals surface area contributed by atoms with Crippen molar-refractivity contribution in [3.05, 3.63) is 40.0 Å². The first-order valence-electron chi connectivity index (χ1n) is 7.26. The highest BCUT2D eigenvalue weighted by atomic mass is 32.1. The Balaban J connectivity index is 1.85. The number of halogens is 1. The van der Waals surface area contributed by atoms with E-state index in [1.807, 2.05) is 0 Å². The van der Waals surface area contributed by atoms with Crippen LogP contribution in [0.2, 0.25) is 0 Å². The molecule has 0 fully saturated rings. The van der Waals surface area contributed by atoms with Crippen LogP contribution in [0.25, 0.3) is 21.7 Å². The predicted octanol–water partition coefficient (Wildman–Crippen LogP) is 2.86. The van der Waals surface area contributed by atoms with E-state index in [9.17, 15) is 9.18 Å². The molecule has 0 radical (unpaired) electrons. The van der Waals surface area contributed by atoms with Gasteiger partial charge in [0, 0.05) is 18.0 Å². The van der Waals surface area contributed by atoms with Crippen LogP contribution in [0.1, 0.15) is 20.8 Å². The van der Waals surface area contributed by atoms with E-state index in [-0.39, 0.29) is 5.56 Å². The number of nitrogens with one attached hydrogen (secondary N) is 2. The van der Waals surface area contributed by atoms with E-state index in [2.05, 4.69) is 21.4 Å². The molecule has 0 bridgehead atoms. The van der Waals surface area contributed by atoms with E-state index < -0.39 is 11.8 Å². The lowest BCUT2D eigenvalue weighted by molar-refractivity contribution is 0.0602. The van der Waals surface area contributed by atoms with Crippen molar-refractivity contribution in [1.82, 2.24) is 15.3 Å². The number of imidazole rings is 1. The molecular weight excluding hydrogens is 317 g/mol. The summed E-state index contributed by atoms with van der Waals surface area (Å²) >= 11 is 1.68. The number of aromatic amines is 1. The van der Waals surface area contributed by atoms with E-state index in [0.29, 0.717) is 16.9 Å². The monoisotopic (exact) mass is 331 g/mol. The fraction of sp³-hybridized carbons (Fsp3) is 0.250. The van der Waals surface area contributed by atoms with Gasteiger partial charge in [0.1, 0.15) is 17.2 Å². The van der Waals surface area contributed by atoms with Crippen molar-refractivity contribution < 1.29 is 13.9 Å². The minimum absolute atomic E-state index is 0.132. The lowest BCUT2D eigenvalue weighted by Crippen LogP contribution is -2.21. The minimum Gasteiger partial charge on any atom is -0.465 e. The highest BCUT2D eigenvalue weighted by Gasteiger charge is 2.19. The Morgan fingerprint density at radius 2 is 2.26 bits per heavy atom. The molecule has 4 rings (SSSR count). The maximum Gasteiger partial charge on any atom is 0.340 e. The zero-order valence-corrected chi connectivity index (χ0v) is 13.2. The third-order valence-corrected chi connectivity index (χ3v) is 5.17. The molecular formula is C16H14FN3O2S. The number of esters is 1. The largest absolute Gasteiger partial charge is 0.465 e. The molecule has 2 aromatic heterocycles. The first kappa shape index (κ1) is 14.3. The van der Waals surface area contributed by atoms with Crippen LogP contribution in [0.4, 0.5) is 4.39 Å². The van der Waals surface area contributed by atoms with Crippen LogP contribution in [0.5, 0.6) is 0 Å². The molecule has 0 saturated heterocycles. The van der Waals surface area contributed by atoms with E-state index in [4.69, 9.17) is 4.74 Å². The zero-order valence-electron chi connectivity index (χ0n) is 12.4. The summed E-state index contributed by atoms with van der Waals surface area (Å²) in [6, 6.07) is 4.59. The summed E-state index contributed by atoms with van der Waals surface area (Å²) in [5.41, 5.74) is 2.33. The van der Waals surface area contributed by atoms with Gasteiger partial charge in [-0.3, -0.25) is 0 Å². The maximum atomic E-state index is 13.7. The molecule has 0 unspecified atom stereocenters. The number of aromatic nitrogens is 2. The normalized spacial score (nSPS) is 14.0. The number of nitrogens with zero attached hydrogens (tertiary/aromatic N) is 1. The topological polar surface area (TPSA) is 67.0 Å². The van der Waals surface area contributed by atoms with Crippen molar-refractivity contribution >= 4 is 28.3 Å². The van der Waals surface area contributed by atoms with Gasteiger partial charge >= 0.3 is 5.97 Å². The van der Waals surface area contributed by atoms with Gasteiger partial charge in [-0.1, -0.05) is 0 Å². The van der Waals surface area contributed by atoms with Gasteiger partial charge in [-0.25, -0.2) is 14.2 Å². The molecule has 7 heteroatoms. The van der Waals surface area contributed by atoms with Gasteiger partial charge in [-0.2, -0.15) is 0 Å². The quantitative estimate of drug-likeness (QED) is 0.709. The lowest BCUT2D eigenvalue weighted by atomic mass is 10.1. The molecule has 1 aliphatic rings. The van der Waals surface area contributed by atoms with Crippen molar-refractivity contribution in [3.8, 4) is 10.7 Å². The molecule has 5 nitrogen and oxygen atoms in total. The number of rotatable bonds is 2. The fourth-order valence-electron chi connectivity index (χ4n) is 2.83. The van der Waals surface area contributed by atoms with Crippen LogP contribution in [-0.4, -0.2) is 29.6 Å². The van der Waals surface area contributed by atoms with Crippen LogP contribution in [-0.2, 0) is 17.7 Å². The molecule has 0 saturated carbocycles. The van der Waals surface area contributed by atoms with Crippen LogP contribution in [0.3, 0.4) is 0 Å². The molecule has 0 spiro atoms. The smallest absolute Gasteiger partial charge is 0.340 e. The average molecular weight is 331 g/mol. The third kappa shape index (κ3) is 2.42. The first-order chi connectivity index (χ1) is 11.2. The van der Waals surface area contributed by atoms with Crippen molar-refractivity contribution in [2.75, 3.05) is 13.7 Å². The molecule has 0 aliphatic carbocycles. The number of hydrogen-bond acceptors (Lipinski definition) is 5. The van der Waals surface area contributed by atoms with Gasteiger partial charge < -0.3 is 15.0 Å². The van der Waals surface area contributed by atoms with E-state index in [1.165, 1.54) is 23.6 Å². The Morgan fingerprint density at radius 3 is 3.04 bits per heavy atom. The SMILES string of the molecule is COC(=O)c1cc(F)cc2[nH]c(-c3cc4c(s3)CCNC4)nc12. The number of hydrogen-bond donors (Lipinski definition) is 2. The van der Waals surface area contributed by atoms with Crippen LogP contribution in [0, 0.1) is 5.82 Å². The van der Waals surface area contributed by atoms with E-state index in [1.54, 1.807) is 11.3 Å². The van der Waals surface area contributed by atoms with Gasteiger partial charge in [0.15, 0.2) is 0 Å². The molecule has 23 heavy (non-hydrogen) atoms. The zero-order chi connectivity index (χ0) is 16.0. The standard InChI is InChI=1S/C16H14FN3O2S/c1-22-16(21)10-5-9(17)6-11-14(10)20-15(19-11)13-4-8-7-18-3-2-12(8)23-13/h4-6,18H,2-3,7H2,1H3,(H,19,20). The fourth-order valence-corrected chi connectivity index (χ4v) is 3.96. The van der Waals surface area contributed by atoms with Crippen molar-refractivity contribution in [1.29, 1.82) is 0 Å². The Hall–Kier alpha value is -2.25. The van der Waals surface area contributed by atoms with Gasteiger partial charge in [-0.15, -0.1) is 11.3 Å². The van der Waals surface area contributed by atoms with Crippen molar-refractivity contribution in [2.45, 2.75) is 13.0 Å². The predicted molar refractivity (Wildman–Crippen MR) is 86.1 cm³/mol. The summed E-state index contributed by atoms with van der Waals surface area (Å²) in [6.45, 7) is 1.83. The molecule has 1 aliphatic heterocycles. The van der Waals surface area contributed by atoms with Gasteiger partial charge in [0.25, 0.3) is 0 Å². The molecule has 2 N–H and O–H groups in total. The summed E-state index contributed by atoms with van der Waals surface area (Å²) < 4.78 is 18.4. The summed E-state index contributed by atoms with van der Waals surface area (Å²) in [7, 11) is 1.27. The lowest BCUT2D eigenvalue weighted by Gasteiger charge is -2.10. The second kappa shape index (κ2) is 5.43. The number of methoxy groups -OCH3 is 1. The summed E-state index contributed by atoms with van der Waals surface area (Å²) in [6.07, 6.45) is 1.00. The number of thiophene rings is 1. The highest BCUT2D eigenvalue weighted by molar-refractivity contribution is 7.15. The average Bonchev–Trinajstić information content (AvgIpc) is 3.16. The minimum atomic E-state index is -0.595. The first-order valence-corrected chi connectivity index (χ1v) is 8.07. The van der Waals surface area contributed by atoms with Gasteiger partial charge in [0.05, 0.1) is 23.1 Å². The molecule has 0 atom stereocenters. The number of ether oxygens (including phenoxy) is 1. The number of H-pyrrole nitrogens is 1. The third-order valence-electron chi connectivity index (χ3n) is 3.93. The number of carbonyl (C=O) groups excluding carboxylic acids is 1. The summed E-state index contributed by atoms with van der Waals surface area (Å²) in [4.78, 5) is 21.8. The Bertz CT molecular complexity index is 892. The second-order valence-corrected chi connectivity index (χ2v) is 6.55. The van der Waals surface area contributed by atoms with Gasteiger partial charge in [-0.05, 0) is 30.2 Å². The number of fused-ring (bicyclic) bond motifs is 2. The highest BCUT2D eigenvalue weighted by Crippen LogP contribution is 2.33. The molecule has 0 amide bonds. The second-order valence-electron chi connectivity index (χ2n) is 5.41. The van der Waals surface area contributed by atoms with Crippen molar-refractivity contribution in [3.63, 3.8) is 0 Å². The molecule has 3 aromatic rings. The molecule has 3 heterocycles. The van der Waals surface area contributed by atoms with E-state index in [0.717, 1.165) is 30.5 Å². The Kier molecular flexibility index (Phi) is 3.39. The van der Waals surface area contributed by atoms with Crippen LogP contribution < -0.4 is 5.32 Å².